The lowest BCUT2D eigenvalue weighted by molar-refractivity contribution is 1.06. The summed E-state index contributed by atoms with van der Waals surface area (Å²) < 4.78 is 0. The van der Waals surface area contributed by atoms with Crippen LogP contribution in [0.4, 0.5) is 0 Å². The molecule has 0 radical (unpaired) electrons. The lowest BCUT2D eigenvalue weighted by Crippen LogP contribution is -2.00. The van der Waals surface area contributed by atoms with Crippen LogP contribution in [0, 0.1) is 0 Å². The largest absolute Gasteiger partial charge is 0.0952 e. The first-order valence-electron chi connectivity index (χ1n) is 4.47. The first-order valence-corrected chi connectivity index (χ1v) is 4.47. The standard InChI is InChI=1S/C12H8/c1-6-2-3-7-8-4-5-9-10(6)12(8)11(7)9/h4-5H,1-3H2. The lowest BCUT2D eigenvalue weighted by Gasteiger charge is -2.25. The van der Waals surface area contributed by atoms with Crippen LogP contribution >= 0.6 is 0 Å². The molecule has 0 nitrogen and oxygen atoms in total. The second-order valence-electron chi connectivity index (χ2n) is 3.87. The number of allylic oxidation sites excluding steroid dienone is 1. The van der Waals surface area contributed by atoms with Crippen LogP contribution in [0.3, 0.4) is 0 Å². The van der Waals surface area contributed by atoms with Crippen molar-refractivity contribution >= 4 is 27.1 Å². The van der Waals surface area contributed by atoms with Crippen LogP contribution in [0.25, 0.3) is 27.1 Å². The highest BCUT2D eigenvalue weighted by Crippen LogP contribution is 2.54. The molecule has 0 saturated heterocycles. The van der Waals surface area contributed by atoms with Crippen LogP contribution in [-0.4, -0.2) is 0 Å². The minimum Gasteiger partial charge on any atom is -0.0952 e. The molecule has 0 unspecified atom stereocenters. The molecule has 6 rings (SSSR count). The third-order valence-electron chi connectivity index (χ3n) is 3.38. The van der Waals surface area contributed by atoms with Gasteiger partial charge in [-0.2, -0.15) is 0 Å². The van der Waals surface area contributed by atoms with Gasteiger partial charge in [-0.25, -0.2) is 0 Å². The normalized spacial score (nSPS) is 17.5. The van der Waals surface area contributed by atoms with Crippen LogP contribution in [0.15, 0.2) is 18.7 Å². The fraction of sp³-hybridized carbons (Fsp3) is 0.167. The van der Waals surface area contributed by atoms with Crippen molar-refractivity contribution in [3.63, 3.8) is 0 Å². The number of hydrogen-bond acceptors (Lipinski definition) is 0. The summed E-state index contributed by atoms with van der Waals surface area (Å²) in [6.07, 6.45) is 2.40. The van der Waals surface area contributed by atoms with Crippen molar-refractivity contribution < 1.29 is 0 Å². The number of rotatable bonds is 0. The molecule has 2 aliphatic rings. The number of fused-ring (bicyclic) bond motifs is 3. The highest BCUT2D eigenvalue weighted by atomic mass is 14.3. The minimum absolute atomic E-state index is 1.17. The molecule has 0 heterocycles. The van der Waals surface area contributed by atoms with Crippen LogP contribution < -0.4 is 0 Å². The van der Waals surface area contributed by atoms with Gasteiger partial charge in [-0.05, 0) is 51.1 Å². The molecule has 4 aromatic rings. The van der Waals surface area contributed by atoms with E-state index in [-0.39, 0.29) is 0 Å². The molecular weight excluding hydrogens is 144 g/mol. The molecule has 4 aromatic carbocycles. The van der Waals surface area contributed by atoms with Crippen molar-refractivity contribution in [3.05, 3.63) is 29.8 Å². The maximum atomic E-state index is 4.14. The summed E-state index contributed by atoms with van der Waals surface area (Å²) in [6, 6.07) is 4.53. The van der Waals surface area contributed by atoms with Crippen molar-refractivity contribution in [2.45, 2.75) is 12.8 Å². The van der Waals surface area contributed by atoms with E-state index in [1.54, 1.807) is 16.3 Å². The molecule has 0 amide bonds. The molecule has 0 atom stereocenters. The zero-order valence-corrected chi connectivity index (χ0v) is 6.78. The predicted molar refractivity (Wildman–Crippen MR) is 52.4 cm³/mol. The molecule has 0 saturated carbocycles. The highest BCUT2D eigenvalue weighted by Gasteiger charge is 2.30. The van der Waals surface area contributed by atoms with E-state index >= 15 is 0 Å². The Kier molecular flexibility index (Phi) is 0.584. The van der Waals surface area contributed by atoms with E-state index in [4.69, 9.17) is 0 Å². The average Bonchev–Trinajstić information content (AvgIpc) is 2.36. The summed E-state index contributed by atoms with van der Waals surface area (Å²) in [7, 11) is 0. The fourth-order valence-corrected chi connectivity index (χ4v) is 2.81. The molecule has 0 fully saturated rings. The Morgan fingerprint density at radius 1 is 1.00 bits per heavy atom. The summed E-state index contributed by atoms with van der Waals surface area (Å²) in [5.74, 6) is 0. The van der Waals surface area contributed by atoms with Crippen LogP contribution in [-0.2, 0) is 6.42 Å². The first-order chi connectivity index (χ1) is 5.88. The second-order valence-corrected chi connectivity index (χ2v) is 3.87. The molecule has 56 valence electrons. The average molecular weight is 152 g/mol. The molecular formula is C12H8. The van der Waals surface area contributed by atoms with E-state index in [1.165, 1.54) is 34.8 Å². The van der Waals surface area contributed by atoms with Crippen molar-refractivity contribution in [1.82, 2.24) is 0 Å². The van der Waals surface area contributed by atoms with Crippen molar-refractivity contribution in [2.24, 2.45) is 0 Å². The Morgan fingerprint density at radius 3 is 2.58 bits per heavy atom. The molecule has 0 spiro atoms. The zero-order valence-electron chi connectivity index (χ0n) is 6.78. The van der Waals surface area contributed by atoms with Gasteiger partial charge in [-0.1, -0.05) is 18.7 Å². The SMILES string of the molecule is C=C1CCc2c3c4ccc2c-3c41. The Labute approximate surface area is 70.5 Å². The summed E-state index contributed by atoms with van der Waals surface area (Å²) in [5.41, 5.74) is 4.46. The van der Waals surface area contributed by atoms with Gasteiger partial charge in [0.05, 0.1) is 0 Å². The molecule has 0 heteroatoms. The molecule has 0 aromatic heterocycles. The molecule has 2 aliphatic carbocycles. The Bertz CT molecular complexity index is 543. The van der Waals surface area contributed by atoms with Gasteiger partial charge in [0, 0.05) is 0 Å². The zero-order chi connectivity index (χ0) is 7.87. The smallest absolute Gasteiger partial charge is 0.00178 e. The lowest BCUT2D eigenvalue weighted by atomic mass is 9.78. The van der Waals surface area contributed by atoms with Gasteiger partial charge >= 0.3 is 0 Å². The van der Waals surface area contributed by atoms with Gasteiger partial charge in [0.25, 0.3) is 0 Å². The van der Waals surface area contributed by atoms with Gasteiger partial charge in [-0.3, -0.25) is 0 Å². The van der Waals surface area contributed by atoms with Crippen molar-refractivity contribution in [1.29, 1.82) is 0 Å². The summed E-state index contributed by atoms with van der Waals surface area (Å²) in [6.45, 7) is 4.14. The molecule has 12 heavy (non-hydrogen) atoms. The first kappa shape index (κ1) is 5.36. The Balaban J connectivity index is 2.36. The summed E-state index contributed by atoms with van der Waals surface area (Å²) in [4.78, 5) is 0. The van der Waals surface area contributed by atoms with Gasteiger partial charge in [0.2, 0.25) is 0 Å². The van der Waals surface area contributed by atoms with Crippen molar-refractivity contribution in [3.8, 4) is 0 Å². The number of benzene rings is 4. The number of aryl methyl sites for hydroxylation is 1. The van der Waals surface area contributed by atoms with Gasteiger partial charge < -0.3 is 0 Å². The third kappa shape index (κ3) is 0.311. The topological polar surface area (TPSA) is 0 Å². The summed E-state index contributed by atoms with van der Waals surface area (Å²) >= 11 is 0. The maximum Gasteiger partial charge on any atom is -0.00178 e. The van der Waals surface area contributed by atoms with E-state index in [2.05, 4.69) is 18.7 Å². The number of hydrogen-bond donors (Lipinski definition) is 0. The van der Waals surface area contributed by atoms with Crippen LogP contribution in [0.1, 0.15) is 17.5 Å². The Hall–Kier alpha value is -1.30. The maximum absolute atomic E-state index is 4.14. The van der Waals surface area contributed by atoms with Gasteiger partial charge in [0.15, 0.2) is 0 Å². The van der Waals surface area contributed by atoms with E-state index in [0.29, 0.717) is 0 Å². The van der Waals surface area contributed by atoms with E-state index < -0.39 is 0 Å². The minimum atomic E-state index is 1.17. The highest BCUT2D eigenvalue weighted by molar-refractivity contribution is 6.34. The quantitative estimate of drug-likeness (QED) is 0.463. The summed E-state index contributed by atoms with van der Waals surface area (Å²) in [5, 5.41) is 6.14. The second kappa shape index (κ2) is 1.31. The fourth-order valence-electron chi connectivity index (χ4n) is 2.81. The van der Waals surface area contributed by atoms with Crippen LogP contribution in [0.5, 0.6) is 0 Å². The van der Waals surface area contributed by atoms with Crippen LogP contribution in [0.2, 0.25) is 0 Å². The van der Waals surface area contributed by atoms with Crippen molar-refractivity contribution in [2.75, 3.05) is 0 Å². The molecule has 0 N–H and O–H groups in total. The Morgan fingerprint density at radius 2 is 1.83 bits per heavy atom. The monoisotopic (exact) mass is 152 g/mol. The van der Waals surface area contributed by atoms with E-state index in [9.17, 15) is 0 Å². The van der Waals surface area contributed by atoms with Gasteiger partial charge in [-0.15, -0.1) is 0 Å². The van der Waals surface area contributed by atoms with Gasteiger partial charge in [0.1, 0.15) is 0 Å². The molecule has 0 aliphatic heterocycles. The molecule has 6 bridgehead atoms. The van der Waals surface area contributed by atoms with E-state index in [0.717, 1.165) is 0 Å². The predicted octanol–water partition coefficient (Wildman–Crippen LogP) is 3.27. The third-order valence-corrected chi connectivity index (χ3v) is 3.38. The van der Waals surface area contributed by atoms with E-state index in [1.807, 2.05) is 0 Å².